The second kappa shape index (κ2) is 3.34. The highest BCUT2D eigenvalue weighted by molar-refractivity contribution is 5.59. The maximum absolute atomic E-state index is 5.38. The molecule has 3 nitrogen and oxygen atoms in total. The van der Waals surface area contributed by atoms with Crippen LogP contribution in [0.4, 0.5) is 0 Å². The summed E-state index contributed by atoms with van der Waals surface area (Å²) in [7, 11) is 1.94. The van der Waals surface area contributed by atoms with Gasteiger partial charge in [-0.1, -0.05) is 6.58 Å². The first-order valence-electron chi connectivity index (χ1n) is 3.60. The molecule has 0 radical (unpaired) electrons. The Bertz CT molecular complexity index is 250. The van der Waals surface area contributed by atoms with E-state index in [-0.39, 0.29) is 0 Å². The van der Waals surface area contributed by atoms with E-state index < -0.39 is 0 Å². The van der Waals surface area contributed by atoms with E-state index in [9.17, 15) is 0 Å². The monoisotopic (exact) mass is 151 g/mol. The number of nitrogens with two attached hydrogens (primary N) is 1. The molecule has 0 saturated carbocycles. The molecule has 0 bridgehead atoms. The minimum Gasteiger partial charge on any atom is -0.340 e. The first kappa shape index (κ1) is 8.01. The third-order valence-corrected chi connectivity index (χ3v) is 1.51. The van der Waals surface area contributed by atoms with Crippen LogP contribution in [-0.4, -0.2) is 16.1 Å². The highest BCUT2D eigenvalue weighted by atomic mass is 15.0. The van der Waals surface area contributed by atoms with Gasteiger partial charge in [-0.15, -0.1) is 0 Å². The fourth-order valence-corrected chi connectivity index (χ4v) is 0.898. The van der Waals surface area contributed by atoms with Crippen molar-refractivity contribution in [1.82, 2.24) is 9.55 Å². The Kier molecular flexibility index (Phi) is 2.44. The van der Waals surface area contributed by atoms with Crippen molar-refractivity contribution in [2.75, 3.05) is 6.54 Å². The molecule has 1 rings (SSSR count). The molecule has 11 heavy (non-hydrogen) atoms. The van der Waals surface area contributed by atoms with E-state index in [0.717, 1.165) is 17.7 Å². The normalized spacial score (nSPS) is 10.0. The van der Waals surface area contributed by atoms with Crippen LogP contribution in [0.5, 0.6) is 0 Å². The van der Waals surface area contributed by atoms with E-state index in [1.807, 2.05) is 17.8 Å². The van der Waals surface area contributed by atoms with Crippen LogP contribution in [0.15, 0.2) is 19.1 Å². The molecule has 0 fully saturated rings. The quantitative estimate of drug-likeness (QED) is 0.693. The lowest BCUT2D eigenvalue weighted by Crippen LogP contribution is -1.99. The van der Waals surface area contributed by atoms with Gasteiger partial charge in [0.1, 0.15) is 0 Å². The third kappa shape index (κ3) is 1.91. The lowest BCUT2D eigenvalue weighted by molar-refractivity contribution is 0.913. The zero-order valence-electron chi connectivity index (χ0n) is 6.75. The SMILES string of the molecule is C=C(CCN)c1cn(C)cn1. The van der Waals surface area contributed by atoms with Crippen LogP contribution in [0.2, 0.25) is 0 Å². The van der Waals surface area contributed by atoms with Crippen LogP contribution in [0.25, 0.3) is 5.57 Å². The van der Waals surface area contributed by atoms with Crippen molar-refractivity contribution in [3.63, 3.8) is 0 Å². The smallest absolute Gasteiger partial charge is 0.0951 e. The summed E-state index contributed by atoms with van der Waals surface area (Å²) in [5, 5.41) is 0. The summed E-state index contributed by atoms with van der Waals surface area (Å²) < 4.78 is 1.90. The van der Waals surface area contributed by atoms with E-state index in [0.29, 0.717) is 6.54 Å². The van der Waals surface area contributed by atoms with Gasteiger partial charge in [0.2, 0.25) is 0 Å². The molecule has 0 amide bonds. The van der Waals surface area contributed by atoms with Gasteiger partial charge in [-0.05, 0) is 18.5 Å². The molecule has 0 aliphatic heterocycles. The van der Waals surface area contributed by atoms with Gasteiger partial charge in [0, 0.05) is 13.2 Å². The molecule has 0 unspecified atom stereocenters. The fraction of sp³-hybridized carbons (Fsp3) is 0.375. The van der Waals surface area contributed by atoms with Crippen LogP contribution >= 0.6 is 0 Å². The molecule has 0 atom stereocenters. The molecule has 0 saturated heterocycles. The molecule has 0 aliphatic rings. The molecule has 1 heterocycles. The minimum absolute atomic E-state index is 0.634. The number of nitrogens with zero attached hydrogens (tertiary/aromatic N) is 2. The molecule has 0 aromatic carbocycles. The summed E-state index contributed by atoms with van der Waals surface area (Å²) in [5.74, 6) is 0. The summed E-state index contributed by atoms with van der Waals surface area (Å²) >= 11 is 0. The zero-order chi connectivity index (χ0) is 8.27. The maximum atomic E-state index is 5.38. The Morgan fingerprint density at radius 1 is 1.82 bits per heavy atom. The lowest BCUT2D eigenvalue weighted by atomic mass is 10.2. The highest BCUT2D eigenvalue weighted by Gasteiger charge is 1.99. The van der Waals surface area contributed by atoms with Gasteiger partial charge in [-0.25, -0.2) is 4.98 Å². The molecule has 0 aliphatic carbocycles. The van der Waals surface area contributed by atoms with E-state index in [1.54, 1.807) is 6.33 Å². The third-order valence-electron chi connectivity index (χ3n) is 1.51. The Morgan fingerprint density at radius 3 is 3.00 bits per heavy atom. The number of hydrogen-bond acceptors (Lipinski definition) is 2. The van der Waals surface area contributed by atoms with Gasteiger partial charge in [0.25, 0.3) is 0 Å². The molecular formula is C8H13N3. The number of hydrogen-bond donors (Lipinski definition) is 1. The summed E-state index contributed by atoms with van der Waals surface area (Å²) in [5.41, 5.74) is 7.33. The van der Waals surface area contributed by atoms with Crippen molar-refractivity contribution in [1.29, 1.82) is 0 Å². The van der Waals surface area contributed by atoms with Crippen molar-refractivity contribution < 1.29 is 0 Å². The first-order valence-corrected chi connectivity index (χ1v) is 3.60. The van der Waals surface area contributed by atoms with Crippen LogP contribution in [0, 0.1) is 0 Å². The van der Waals surface area contributed by atoms with Gasteiger partial charge in [-0.3, -0.25) is 0 Å². The predicted octanol–water partition coefficient (Wildman–Crippen LogP) is 0.782. The Morgan fingerprint density at radius 2 is 2.55 bits per heavy atom. The molecule has 60 valence electrons. The van der Waals surface area contributed by atoms with Crippen LogP contribution in [-0.2, 0) is 7.05 Å². The number of aryl methyl sites for hydroxylation is 1. The van der Waals surface area contributed by atoms with Crippen molar-refractivity contribution in [2.45, 2.75) is 6.42 Å². The fourth-order valence-electron chi connectivity index (χ4n) is 0.898. The predicted molar refractivity (Wildman–Crippen MR) is 45.9 cm³/mol. The zero-order valence-corrected chi connectivity index (χ0v) is 6.75. The summed E-state index contributed by atoms with van der Waals surface area (Å²) in [6, 6.07) is 0. The van der Waals surface area contributed by atoms with E-state index in [4.69, 9.17) is 5.73 Å². The van der Waals surface area contributed by atoms with Gasteiger partial charge in [0.15, 0.2) is 0 Å². The van der Waals surface area contributed by atoms with Crippen molar-refractivity contribution in [2.24, 2.45) is 12.8 Å². The average molecular weight is 151 g/mol. The summed E-state index contributed by atoms with van der Waals surface area (Å²) in [6.07, 6.45) is 4.52. The number of rotatable bonds is 3. The standard InChI is InChI=1S/C8H13N3/c1-7(3-4-9)8-5-11(2)6-10-8/h5-6H,1,3-4,9H2,2H3. The topological polar surface area (TPSA) is 43.8 Å². The van der Waals surface area contributed by atoms with E-state index in [1.165, 1.54) is 0 Å². The Labute approximate surface area is 66.5 Å². The number of aromatic nitrogens is 2. The largest absolute Gasteiger partial charge is 0.340 e. The molecule has 0 spiro atoms. The van der Waals surface area contributed by atoms with Gasteiger partial charge in [0.05, 0.1) is 12.0 Å². The molecule has 1 aromatic heterocycles. The highest BCUT2D eigenvalue weighted by Crippen LogP contribution is 2.11. The van der Waals surface area contributed by atoms with Gasteiger partial charge < -0.3 is 10.3 Å². The summed E-state index contributed by atoms with van der Waals surface area (Å²) in [4.78, 5) is 4.14. The second-order valence-electron chi connectivity index (χ2n) is 2.57. The van der Waals surface area contributed by atoms with Crippen LogP contribution in [0.1, 0.15) is 12.1 Å². The minimum atomic E-state index is 0.634. The molecular weight excluding hydrogens is 138 g/mol. The summed E-state index contributed by atoms with van der Waals surface area (Å²) in [6.45, 7) is 4.51. The van der Waals surface area contributed by atoms with E-state index in [2.05, 4.69) is 11.6 Å². The Hall–Kier alpha value is -1.09. The lowest BCUT2D eigenvalue weighted by Gasteiger charge is -1.96. The van der Waals surface area contributed by atoms with Crippen LogP contribution < -0.4 is 5.73 Å². The van der Waals surface area contributed by atoms with E-state index >= 15 is 0 Å². The van der Waals surface area contributed by atoms with Crippen LogP contribution in [0.3, 0.4) is 0 Å². The van der Waals surface area contributed by atoms with Crippen molar-refractivity contribution in [3.05, 3.63) is 24.8 Å². The maximum Gasteiger partial charge on any atom is 0.0951 e. The van der Waals surface area contributed by atoms with Gasteiger partial charge >= 0.3 is 0 Å². The Balaban J connectivity index is 2.69. The number of imidazole rings is 1. The van der Waals surface area contributed by atoms with Gasteiger partial charge in [-0.2, -0.15) is 0 Å². The molecule has 2 N–H and O–H groups in total. The molecule has 1 aromatic rings. The molecule has 3 heteroatoms. The van der Waals surface area contributed by atoms with Crippen molar-refractivity contribution in [3.8, 4) is 0 Å². The first-order chi connectivity index (χ1) is 5.24. The average Bonchev–Trinajstić information content (AvgIpc) is 2.36. The second-order valence-corrected chi connectivity index (χ2v) is 2.57. The van der Waals surface area contributed by atoms with Crippen molar-refractivity contribution >= 4 is 5.57 Å².